The van der Waals surface area contributed by atoms with Crippen molar-refractivity contribution in [2.24, 2.45) is 0 Å². The maximum atomic E-state index is 5.40. The average molecular weight is 419 g/mol. The fourth-order valence-corrected chi connectivity index (χ4v) is 3.88. The van der Waals surface area contributed by atoms with E-state index in [4.69, 9.17) is 14.5 Å². The Labute approximate surface area is 179 Å². The second-order valence-electron chi connectivity index (χ2n) is 6.70. The van der Waals surface area contributed by atoms with Crippen LogP contribution in [0, 0.1) is 6.92 Å². The summed E-state index contributed by atoms with van der Waals surface area (Å²) in [6.07, 6.45) is 1.57. The Morgan fingerprint density at radius 3 is 2.40 bits per heavy atom. The number of nitrogens with zero attached hydrogens (tertiary/aromatic N) is 3. The molecule has 0 aliphatic carbocycles. The molecule has 0 aliphatic rings. The van der Waals surface area contributed by atoms with Gasteiger partial charge in [-0.3, -0.25) is 0 Å². The number of ether oxygens (including phenoxy) is 2. The molecule has 2 aromatic heterocycles. The Morgan fingerprint density at radius 2 is 1.67 bits per heavy atom. The molecule has 4 rings (SSSR count). The summed E-state index contributed by atoms with van der Waals surface area (Å²) in [5.74, 6) is 2.23. The van der Waals surface area contributed by atoms with E-state index in [9.17, 15) is 0 Å². The van der Waals surface area contributed by atoms with Gasteiger partial charge in [0.05, 0.1) is 19.9 Å². The van der Waals surface area contributed by atoms with E-state index in [1.807, 2.05) is 31.2 Å². The highest BCUT2D eigenvalue weighted by Crippen LogP contribution is 2.34. The van der Waals surface area contributed by atoms with E-state index in [-0.39, 0.29) is 0 Å². The number of hydrogen-bond donors (Lipinski definition) is 1. The molecule has 0 unspecified atom stereocenters. The Morgan fingerprint density at radius 1 is 0.900 bits per heavy atom. The quantitative estimate of drug-likeness (QED) is 0.445. The zero-order valence-electron chi connectivity index (χ0n) is 17.0. The van der Waals surface area contributed by atoms with Crippen molar-refractivity contribution in [3.63, 3.8) is 0 Å². The number of aromatic nitrogens is 3. The van der Waals surface area contributed by atoms with Crippen LogP contribution in [0.1, 0.15) is 11.3 Å². The molecule has 0 saturated carbocycles. The van der Waals surface area contributed by atoms with Gasteiger partial charge in [-0.1, -0.05) is 24.3 Å². The number of anilines is 1. The van der Waals surface area contributed by atoms with Gasteiger partial charge in [0.1, 0.15) is 17.2 Å². The fraction of sp³-hybridized carbons (Fsp3) is 0.174. The maximum absolute atomic E-state index is 5.40. The summed E-state index contributed by atoms with van der Waals surface area (Å²) in [7, 11) is 3.27. The van der Waals surface area contributed by atoms with Gasteiger partial charge < -0.3 is 14.8 Å². The number of hydrogen-bond acceptors (Lipinski definition) is 7. The molecular formula is C23H22N4O2S. The topological polar surface area (TPSA) is 69.2 Å². The fourth-order valence-electron chi connectivity index (χ4n) is 3.04. The lowest BCUT2D eigenvalue weighted by atomic mass is 10.1. The molecule has 2 heterocycles. The van der Waals surface area contributed by atoms with Crippen LogP contribution in [-0.4, -0.2) is 29.2 Å². The van der Waals surface area contributed by atoms with Crippen molar-refractivity contribution in [1.29, 1.82) is 0 Å². The van der Waals surface area contributed by atoms with Crippen molar-refractivity contribution >= 4 is 17.2 Å². The van der Waals surface area contributed by atoms with Crippen LogP contribution in [0.25, 0.3) is 21.8 Å². The van der Waals surface area contributed by atoms with Gasteiger partial charge >= 0.3 is 0 Å². The van der Waals surface area contributed by atoms with Gasteiger partial charge in [0.2, 0.25) is 0 Å². The maximum Gasteiger partial charge on any atom is 0.161 e. The molecule has 152 valence electrons. The van der Waals surface area contributed by atoms with Crippen LogP contribution < -0.4 is 14.8 Å². The molecule has 0 bridgehead atoms. The van der Waals surface area contributed by atoms with E-state index in [2.05, 4.69) is 44.9 Å². The molecule has 0 saturated heterocycles. The Hall–Kier alpha value is -3.45. The smallest absolute Gasteiger partial charge is 0.161 e. The number of aryl methyl sites for hydroxylation is 1. The molecule has 4 aromatic rings. The molecular weight excluding hydrogens is 396 g/mol. The lowest BCUT2D eigenvalue weighted by Crippen LogP contribution is -2.02. The Bertz CT molecular complexity index is 1140. The van der Waals surface area contributed by atoms with Crippen molar-refractivity contribution in [3.8, 4) is 33.3 Å². The van der Waals surface area contributed by atoms with Crippen LogP contribution in [0.3, 0.4) is 0 Å². The van der Waals surface area contributed by atoms with E-state index in [1.165, 1.54) is 5.56 Å². The molecule has 0 aliphatic heterocycles. The number of nitrogens with one attached hydrogen (secondary N) is 1. The molecule has 1 N–H and O–H groups in total. The van der Waals surface area contributed by atoms with E-state index in [0.29, 0.717) is 18.0 Å². The van der Waals surface area contributed by atoms with E-state index >= 15 is 0 Å². The van der Waals surface area contributed by atoms with Crippen molar-refractivity contribution < 1.29 is 9.47 Å². The SMILES string of the molecule is COc1ccc(-c2csc(-c3ccc(CNc4cc(C)ncn4)cc3)n2)cc1OC. The van der Waals surface area contributed by atoms with Gasteiger partial charge in [0, 0.05) is 34.8 Å². The second-order valence-corrected chi connectivity index (χ2v) is 7.56. The van der Waals surface area contributed by atoms with Gasteiger partial charge in [0.15, 0.2) is 11.5 Å². The van der Waals surface area contributed by atoms with Gasteiger partial charge in [-0.2, -0.15) is 0 Å². The van der Waals surface area contributed by atoms with Crippen molar-refractivity contribution in [3.05, 3.63) is 71.5 Å². The van der Waals surface area contributed by atoms with Crippen LogP contribution in [0.4, 0.5) is 5.82 Å². The van der Waals surface area contributed by atoms with Crippen LogP contribution in [0.2, 0.25) is 0 Å². The number of thiazole rings is 1. The third-order valence-electron chi connectivity index (χ3n) is 4.66. The van der Waals surface area contributed by atoms with E-state index in [1.54, 1.807) is 31.9 Å². The summed E-state index contributed by atoms with van der Waals surface area (Å²) in [6.45, 7) is 2.65. The summed E-state index contributed by atoms with van der Waals surface area (Å²) < 4.78 is 10.7. The van der Waals surface area contributed by atoms with Crippen LogP contribution in [0.5, 0.6) is 11.5 Å². The van der Waals surface area contributed by atoms with E-state index < -0.39 is 0 Å². The molecule has 7 heteroatoms. The van der Waals surface area contributed by atoms with Crippen LogP contribution in [0.15, 0.2) is 60.2 Å². The monoisotopic (exact) mass is 418 g/mol. The highest BCUT2D eigenvalue weighted by Gasteiger charge is 2.10. The van der Waals surface area contributed by atoms with Gasteiger partial charge in [-0.15, -0.1) is 11.3 Å². The van der Waals surface area contributed by atoms with E-state index in [0.717, 1.165) is 33.3 Å². The molecule has 0 spiro atoms. The zero-order chi connectivity index (χ0) is 20.9. The minimum absolute atomic E-state index is 0.695. The van der Waals surface area contributed by atoms with Crippen LogP contribution >= 0.6 is 11.3 Å². The third kappa shape index (κ3) is 4.41. The van der Waals surface area contributed by atoms with Gasteiger partial charge in [-0.05, 0) is 30.7 Å². The normalized spacial score (nSPS) is 10.6. The van der Waals surface area contributed by atoms with Gasteiger partial charge in [-0.25, -0.2) is 15.0 Å². The summed E-state index contributed by atoms with van der Waals surface area (Å²) >= 11 is 1.62. The molecule has 6 nitrogen and oxygen atoms in total. The first-order valence-electron chi connectivity index (χ1n) is 9.46. The van der Waals surface area contributed by atoms with Crippen LogP contribution in [-0.2, 0) is 6.54 Å². The minimum Gasteiger partial charge on any atom is -0.493 e. The molecule has 2 aromatic carbocycles. The summed E-state index contributed by atoms with van der Waals surface area (Å²) in [5.41, 5.74) is 5.12. The first-order valence-corrected chi connectivity index (χ1v) is 10.3. The predicted molar refractivity (Wildman–Crippen MR) is 120 cm³/mol. The lowest BCUT2D eigenvalue weighted by Gasteiger charge is -2.08. The summed E-state index contributed by atoms with van der Waals surface area (Å²) in [5, 5.41) is 6.36. The van der Waals surface area contributed by atoms with Crippen molar-refractivity contribution in [2.45, 2.75) is 13.5 Å². The average Bonchev–Trinajstić information content (AvgIpc) is 3.28. The minimum atomic E-state index is 0.695. The third-order valence-corrected chi connectivity index (χ3v) is 5.55. The number of benzene rings is 2. The largest absolute Gasteiger partial charge is 0.493 e. The molecule has 0 amide bonds. The standard InChI is InChI=1S/C23H22N4O2S/c1-15-10-22(26-14-25-15)24-12-16-4-6-17(7-5-16)23-27-19(13-30-23)18-8-9-20(28-2)21(11-18)29-3/h4-11,13-14H,12H2,1-3H3,(H,24,25,26). The summed E-state index contributed by atoms with van der Waals surface area (Å²) in [4.78, 5) is 13.1. The first-order chi connectivity index (χ1) is 14.7. The predicted octanol–water partition coefficient (Wildman–Crippen LogP) is 5.20. The molecule has 30 heavy (non-hydrogen) atoms. The lowest BCUT2D eigenvalue weighted by molar-refractivity contribution is 0.355. The van der Waals surface area contributed by atoms with Crippen molar-refractivity contribution in [1.82, 2.24) is 15.0 Å². The molecule has 0 fully saturated rings. The number of rotatable bonds is 7. The summed E-state index contributed by atoms with van der Waals surface area (Å²) in [6, 6.07) is 16.2. The van der Waals surface area contributed by atoms with Crippen molar-refractivity contribution in [2.75, 3.05) is 19.5 Å². The Kier molecular flexibility index (Phi) is 5.90. The Balaban J connectivity index is 1.47. The number of methoxy groups -OCH3 is 2. The highest BCUT2D eigenvalue weighted by atomic mass is 32.1. The first kappa shape index (κ1) is 19.8. The van der Waals surface area contributed by atoms with Gasteiger partial charge in [0.25, 0.3) is 0 Å². The second kappa shape index (κ2) is 8.92. The zero-order valence-corrected chi connectivity index (χ0v) is 17.9. The highest BCUT2D eigenvalue weighted by molar-refractivity contribution is 7.13. The molecule has 0 radical (unpaired) electrons. The molecule has 0 atom stereocenters.